The lowest BCUT2D eigenvalue weighted by Gasteiger charge is -2.14. The predicted molar refractivity (Wildman–Crippen MR) is 71.7 cm³/mol. The van der Waals surface area contributed by atoms with Crippen LogP contribution in [0.2, 0.25) is 0 Å². The van der Waals surface area contributed by atoms with E-state index in [2.05, 4.69) is 5.32 Å². The SMILES string of the molecule is CC(C)Oc1ccc(C(O)CNCCCO)cc1. The number of benzene rings is 1. The smallest absolute Gasteiger partial charge is 0.119 e. The van der Waals surface area contributed by atoms with Crippen LogP contribution in [0.1, 0.15) is 31.9 Å². The van der Waals surface area contributed by atoms with Crippen molar-refractivity contribution in [2.24, 2.45) is 0 Å². The second-order valence-electron chi connectivity index (χ2n) is 4.53. The minimum Gasteiger partial charge on any atom is -0.491 e. The van der Waals surface area contributed by atoms with Gasteiger partial charge in [0.15, 0.2) is 0 Å². The van der Waals surface area contributed by atoms with E-state index in [1.54, 1.807) is 0 Å². The maximum Gasteiger partial charge on any atom is 0.119 e. The fourth-order valence-corrected chi connectivity index (χ4v) is 1.60. The van der Waals surface area contributed by atoms with Crippen LogP contribution in [0.25, 0.3) is 0 Å². The van der Waals surface area contributed by atoms with Crippen molar-refractivity contribution in [2.45, 2.75) is 32.5 Å². The van der Waals surface area contributed by atoms with Gasteiger partial charge in [-0.25, -0.2) is 0 Å². The summed E-state index contributed by atoms with van der Waals surface area (Å²) >= 11 is 0. The molecule has 0 bridgehead atoms. The highest BCUT2D eigenvalue weighted by Gasteiger charge is 2.07. The number of ether oxygens (including phenoxy) is 1. The molecule has 0 aromatic heterocycles. The third-order valence-corrected chi connectivity index (χ3v) is 2.49. The van der Waals surface area contributed by atoms with Gasteiger partial charge in [0, 0.05) is 13.2 Å². The van der Waals surface area contributed by atoms with E-state index < -0.39 is 6.10 Å². The molecule has 0 aliphatic rings. The van der Waals surface area contributed by atoms with Crippen molar-refractivity contribution in [2.75, 3.05) is 19.7 Å². The third kappa shape index (κ3) is 5.49. The van der Waals surface area contributed by atoms with Crippen molar-refractivity contribution in [1.29, 1.82) is 0 Å². The molecule has 0 spiro atoms. The lowest BCUT2D eigenvalue weighted by atomic mass is 10.1. The summed E-state index contributed by atoms with van der Waals surface area (Å²) in [5.74, 6) is 0.814. The van der Waals surface area contributed by atoms with E-state index >= 15 is 0 Å². The summed E-state index contributed by atoms with van der Waals surface area (Å²) in [4.78, 5) is 0. The molecule has 0 fully saturated rings. The first kappa shape index (κ1) is 15.0. The molecule has 0 aliphatic carbocycles. The summed E-state index contributed by atoms with van der Waals surface area (Å²) in [6.07, 6.45) is 0.325. The fourth-order valence-electron chi connectivity index (χ4n) is 1.60. The van der Waals surface area contributed by atoms with Crippen LogP contribution in [0.4, 0.5) is 0 Å². The van der Waals surface area contributed by atoms with E-state index in [9.17, 15) is 5.11 Å². The molecule has 0 saturated heterocycles. The first-order valence-electron chi connectivity index (χ1n) is 6.39. The second kappa shape index (κ2) is 8.08. The molecular weight excluding hydrogens is 230 g/mol. The summed E-state index contributed by atoms with van der Waals surface area (Å²) in [5.41, 5.74) is 0.864. The Morgan fingerprint density at radius 1 is 1.22 bits per heavy atom. The molecule has 1 aromatic rings. The van der Waals surface area contributed by atoms with Gasteiger partial charge < -0.3 is 20.3 Å². The Morgan fingerprint density at radius 3 is 2.44 bits per heavy atom. The van der Waals surface area contributed by atoms with Crippen LogP contribution in [0, 0.1) is 0 Å². The van der Waals surface area contributed by atoms with Crippen LogP contribution in [-0.2, 0) is 0 Å². The Kier molecular flexibility index (Phi) is 6.72. The van der Waals surface area contributed by atoms with Crippen LogP contribution in [0.15, 0.2) is 24.3 Å². The molecule has 0 aliphatic heterocycles. The summed E-state index contributed by atoms with van der Waals surface area (Å²) in [6.45, 7) is 5.33. The predicted octanol–water partition coefficient (Wildman–Crippen LogP) is 1.48. The van der Waals surface area contributed by atoms with Gasteiger partial charge in [0.2, 0.25) is 0 Å². The normalized spacial score (nSPS) is 12.7. The summed E-state index contributed by atoms with van der Waals surface area (Å²) in [6, 6.07) is 7.48. The maximum absolute atomic E-state index is 9.93. The molecule has 102 valence electrons. The number of hydrogen-bond donors (Lipinski definition) is 3. The first-order chi connectivity index (χ1) is 8.63. The van der Waals surface area contributed by atoms with E-state index in [-0.39, 0.29) is 12.7 Å². The standard InChI is InChI=1S/C14H23NO3/c1-11(2)18-13-6-4-12(5-7-13)14(17)10-15-8-3-9-16/h4-7,11,14-17H,3,8-10H2,1-2H3. The molecule has 18 heavy (non-hydrogen) atoms. The summed E-state index contributed by atoms with van der Waals surface area (Å²) < 4.78 is 5.54. The molecule has 1 atom stereocenters. The van der Waals surface area contributed by atoms with Crippen molar-refractivity contribution in [3.63, 3.8) is 0 Å². The van der Waals surface area contributed by atoms with Gasteiger partial charge >= 0.3 is 0 Å². The van der Waals surface area contributed by atoms with Crippen molar-refractivity contribution >= 4 is 0 Å². The Hall–Kier alpha value is -1.10. The number of aliphatic hydroxyl groups is 2. The van der Waals surface area contributed by atoms with Crippen molar-refractivity contribution < 1.29 is 14.9 Å². The molecule has 1 aromatic carbocycles. The van der Waals surface area contributed by atoms with Gasteiger partial charge in [-0.05, 0) is 44.5 Å². The summed E-state index contributed by atoms with van der Waals surface area (Å²) in [7, 11) is 0. The monoisotopic (exact) mass is 253 g/mol. The molecule has 3 N–H and O–H groups in total. The van der Waals surface area contributed by atoms with Gasteiger partial charge in [0.25, 0.3) is 0 Å². The van der Waals surface area contributed by atoms with Crippen molar-refractivity contribution in [3.8, 4) is 5.75 Å². The van der Waals surface area contributed by atoms with Gasteiger partial charge in [-0.3, -0.25) is 0 Å². The lowest BCUT2D eigenvalue weighted by Crippen LogP contribution is -2.23. The van der Waals surface area contributed by atoms with Crippen LogP contribution >= 0.6 is 0 Å². The number of aliphatic hydroxyl groups excluding tert-OH is 2. The van der Waals surface area contributed by atoms with Gasteiger partial charge in [-0.2, -0.15) is 0 Å². The first-order valence-corrected chi connectivity index (χ1v) is 6.39. The highest BCUT2D eigenvalue weighted by atomic mass is 16.5. The number of hydrogen-bond acceptors (Lipinski definition) is 4. The zero-order valence-electron chi connectivity index (χ0n) is 11.1. The average Bonchev–Trinajstić information content (AvgIpc) is 2.34. The minimum absolute atomic E-state index is 0.154. The maximum atomic E-state index is 9.93. The molecule has 1 unspecified atom stereocenters. The topological polar surface area (TPSA) is 61.7 Å². The molecule has 1 rings (SSSR count). The Bertz CT molecular complexity index is 324. The molecule has 4 heteroatoms. The lowest BCUT2D eigenvalue weighted by molar-refractivity contribution is 0.173. The van der Waals surface area contributed by atoms with Gasteiger partial charge in [0.05, 0.1) is 12.2 Å². The van der Waals surface area contributed by atoms with E-state index in [4.69, 9.17) is 9.84 Å². The Morgan fingerprint density at radius 2 is 1.89 bits per heavy atom. The van der Waals surface area contributed by atoms with Gasteiger partial charge in [0.1, 0.15) is 5.75 Å². The van der Waals surface area contributed by atoms with E-state index in [0.29, 0.717) is 19.5 Å². The van der Waals surface area contributed by atoms with Crippen molar-refractivity contribution in [1.82, 2.24) is 5.32 Å². The summed E-state index contributed by atoms with van der Waals surface area (Å²) in [5, 5.41) is 21.7. The fraction of sp³-hybridized carbons (Fsp3) is 0.571. The second-order valence-corrected chi connectivity index (χ2v) is 4.53. The quantitative estimate of drug-likeness (QED) is 0.614. The zero-order chi connectivity index (χ0) is 13.4. The van der Waals surface area contributed by atoms with Crippen LogP contribution in [0.3, 0.4) is 0 Å². The van der Waals surface area contributed by atoms with Crippen LogP contribution in [-0.4, -0.2) is 36.0 Å². The number of nitrogens with one attached hydrogen (secondary N) is 1. The van der Waals surface area contributed by atoms with Gasteiger partial charge in [-0.1, -0.05) is 12.1 Å². The van der Waals surface area contributed by atoms with Crippen molar-refractivity contribution in [3.05, 3.63) is 29.8 Å². The van der Waals surface area contributed by atoms with Crippen LogP contribution < -0.4 is 10.1 Å². The largest absolute Gasteiger partial charge is 0.491 e. The highest BCUT2D eigenvalue weighted by Crippen LogP contribution is 2.18. The minimum atomic E-state index is -0.531. The Labute approximate surface area is 109 Å². The number of rotatable bonds is 8. The van der Waals surface area contributed by atoms with Gasteiger partial charge in [-0.15, -0.1) is 0 Å². The average molecular weight is 253 g/mol. The highest BCUT2D eigenvalue weighted by molar-refractivity contribution is 5.28. The van der Waals surface area contributed by atoms with E-state index in [1.165, 1.54) is 0 Å². The van der Waals surface area contributed by atoms with E-state index in [0.717, 1.165) is 11.3 Å². The third-order valence-electron chi connectivity index (χ3n) is 2.49. The molecule has 0 amide bonds. The molecule has 4 nitrogen and oxygen atoms in total. The molecule has 0 radical (unpaired) electrons. The van der Waals surface area contributed by atoms with Crippen LogP contribution in [0.5, 0.6) is 5.75 Å². The van der Waals surface area contributed by atoms with E-state index in [1.807, 2.05) is 38.1 Å². The molecule has 0 heterocycles. The molecular formula is C14H23NO3. The zero-order valence-corrected chi connectivity index (χ0v) is 11.1. The molecule has 0 saturated carbocycles. The Balaban J connectivity index is 2.41.